The lowest BCUT2D eigenvalue weighted by Crippen LogP contribution is -1.97. The van der Waals surface area contributed by atoms with Crippen LogP contribution in [0.25, 0.3) is 6.08 Å². The molecule has 0 aromatic heterocycles. The maximum Gasteiger partial charge on any atom is 0.0263 e. The lowest BCUT2D eigenvalue weighted by Gasteiger charge is -2.11. The van der Waals surface area contributed by atoms with Crippen molar-refractivity contribution in [3.05, 3.63) is 41.5 Å². The van der Waals surface area contributed by atoms with Crippen molar-refractivity contribution < 1.29 is 0 Å². The number of aryl methyl sites for hydroxylation is 1. The van der Waals surface area contributed by atoms with Gasteiger partial charge < -0.3 is 0 Å². The smallest absolute Gasteiger partial charge is 0.0263 e. The highest BCUT2D eigenvalue weighted by Gasteiger charge is 2.03. The van der Waals surface area contributed by atoms with Crippen LogP contribution in [-0.2, 0) is 6.42 Å². The first-order chi connectivity index (χ1) is 7.01. The van der Waals surface area contributed by atoms with Gasteiger partial charge in [0.25, 0.3) is 0 Å². The molecule has 0 amide bonds. The van der Waals surface area contributed by atoms with E-state index in [1.54, 1.807) is 0 Å². The molecule has 0 radical (unpaired) electrons. The van der Waals surface area contributed by atoms with E-state index >= 15 is 0 Å². The van der Waals surface area contributed by atoms with Gasteiger partial charge >= 0.3 is 0 Å². The van der Waals surface area contributed by atoms with Crippen LogP contribution in [0.3, 0.4) is 0 Å². The summed E-state index contributed by atoms with van der Waals surface area (Å²) in [6.07, 6.45) is 5.35. The lowest BCUT2D eigenvalue weighted by atomic mass is 9.95. The van der Waals surface area contributed by atoms with Gasteiger partial charge in [-0.05, 0) is 23.0 Å². The van der Waals surface area contributed by atoms with Gasteiger partial charge in [0.15, 0.2) is 0 Å². The molecule has 0 fully saturated rings. The van der Waals surface area contributed by atoms with Gasteiger partial charge in [0.05, 0.1) is 0 Å². The molecule has 0 bridgehead atoms. The van der Waals surface area contributed by atoms with Crippen molar-refractivity contribution in [3.63, 3.8) is 0 Å². The summed E-state index contributed by atoms with van der Waals surface area (Å²) in [5, 5.41) is 0. The van der Waals surface area contributed by atoms with Gasteiger partial charge in [-0.1, -0.05) is 57.2 Å². The molecule has 82 valence electrons. The first-order valence-electron chi connectivity index (χ1n) is 5.35. The summed E-state index contributed by atoms with van der Waals surface area (Å²) in [5.41, 5.74) is 2.80. The van der Waals surface area contributed by atoms with Gasteiger partial charge in [-0.15, -0.1) is 11.6 Å². The van der Waals surface area contributed by atoms with Gasteiger partial charge in [-0.2, -0.15) is 0 Å². The van der Waals surface area contributed by atoms with E-state index in [1.807, 2.05) is 0 Å². The van der Waals surface area contributed by atoms with Gasteiger partial charge in [-0.3, -0.25) is 0 Å². The topological polar surface area (TPSA) is 0 Å². The Labute approximate surface area is 98.0 Å². The van der Waals surface area contributed by atoms with Crippen molar-refractivity contribution in [2.45, 2.75) is 27.2 Å². The van der Waals surface area contributed by atoms with Crippen molar-refractivity contribution in [3.8, 4) is 0 Å². The zero-order chi connectivity index (χ0) is 11.3. The van der Waals surface area contributed by atoms with E-state index in [0.717, 1.165) is 6.42 Å². The molecule has 0 N–H and O–H groups in total. The van der Waals surface area contributed by atoms with Crippen molar-refractivity contribution in [1.29, 1.82) is 0 Å². The van der Waals surface area contributed by atoms with Crippen LogP contribution in [0.1, 0.15) is 31.9 Å². The largest absolute Gasteiger partial charge is 0.126 e. The molecule has 1 aromatic carbocycles. The summed E-state index contributed by atoms with van der Waals surface area (Å²) in [6, 6.07) is 8.57. The van der Waals surface area contributed by atoms with E-state index in [-0.39, 0.29) is 5.41 Å². The molecule has 0 aliphatic heterocycles. The van der Waals surface area contributed by atoms with Crippen molar-refractivity contribution >= 4 is 17.7 Å². The fraction of sp³-hybridized carbons (Fsp3) is 0.429. The van der Waals surface area contributed by atoms with Crippen LogP contribution < -0.4 is 0 Å². The normalized spacial score (nSPS) is 12.3. The van der Waals surface area contributed by atoms with Crippen molar-refractivity contribution in [2.24, 2.45) is 5.41 Å². The van der Waals surface area contributed by atoms with Gasteiger partial charge in [-0.25, -0.2) is 0 Å². The zero-order valence-corrected chi connectivity index (χ0v) is 10.5. The van der Waals surface area contributed by atoms with E-state index < -0.39 is 0 Å². The maximum absolute atomic E-state index is 5.68. The number of alkyl halides is 1. The van der Waals surface area contributed by atoms with Crippen LogP contribution in [0.5, 0.6) is 0 Å². The van der Waals surface area contributed by atoms with Crippen LogP contribution in [0.2, 0.25) is 0 Å². The Bertz CT molecular complexity index is 314. The Morgan fingerprint density at radius 2 is 1.73 bits per heavy atom. The second kappa shape index (κ2) is 5.37. The molecule has 0 saturated carbocycles. The quantitative estimate of drug-likeness (QED) is 0.660. The van der Waals surface area contributed by atoms with Crippen LogP contribution in [0, 0.1) is 5.41 Å². The number of hydrogen-bond acceptors (Lipinski definition) is 0. The molecule has 0 aliphatic rings. The molecule has 0 unspecified atom stereocenters. The fourth-order valence-electron chi connectivity index (χ4n) is 1.25. The predicted octanol–water partition coefficient (Wildman–Crippen LogP) is 4.53. The molecule has 0 atom stereocenters. The van der Waals surface area contributed by atoms with Gasteiger partial charge in [0.2, 0.25) is 0 Å². The number of rotatable bonds is 3. The second-order valence-electron chi connectivity index (χ2n) is 4.88. The molecule has 1 aromatic rings. The first kappa shape index (κ1) is 12.3. The van der Waals surface area contributed by atoms with Gasteiger partial charge in [0.1, 0.15) is 0 Å². The predicted molar refractivity (Wildman–Crippen MR) is 69.4 cm³/mol. The highest BCUT2D eigenvalue weighted by Crippen LogP contribution is 2.17. The lowest BCUT2D eigenvalue weighted by molar-refractivity contribution is 0.547. The van der Waals surface area contributed by atoms with E-state index in [9.17, 15) is 0 Å². The Morgan fingerprint density at radius 1 is 1.13 bits per heavy atom. The molecule has 0 aliphatic carbocycles. The SMILES string of the molecule is CC(C)(C)C=Cc1ccc(CCCl)cc1. The monoisotopic (exact) mass is 222 g/mol. The molecule has 0 saturated heterocycles. The van der Waals surface area contributed by atoms with Crippen molar-refractivity contribution in [1.82, 2.24) is 0 Å². The average molecular weight is 223 g/mol. The molecule has 0 nitrogen and oxygen atoms in total. The first-order valence-corrected chi connectivity index (χ1v) is 5.89. The highest BCUT2D eigenvalue weighted by atomic mass is 35.5. The molecule has 1 rings (SSSR count). The van der Waals surface area contributed by atoms with Crippen LogP contribution in [0.15, 0.2) is 30.3 Å². The summed E-state index contributed by atoms with van der Waals surface area (Å²) < 4.78 is 0. The summed E-state index contributed by atoms with van der Waals surface area (Å²) >= 11 is 5.68. The average Bonchev–Trinajstić information content (AvgIpc) is 2.16. The highest BCUT2D eigenvalue weighted by molar-refractivity contribution is 6.17. The summed E-state index contributed by atoms with van der Waals surface area (Å²) in [6.45, 7) is 6.60. The Kier molecular flexibility index (Phi) is 4.41. The van der Waals surface area contributed by atoms with E-state index in [2.05, 4.69) is 57.2 Å². The number of allylic oxidation sites excluding steroid dienone is 1. The van der Waals surface area contributed by atoms with Crippen LogP contribution >= 0.6 is 11.6 Å². The molecule has 0 spiro atoms. The minimum Gasteiger partial charge on any atom is -0.126 e. The molecule has 1 heteroatoms. The second-order valence-corrected chi connectivity index (χ2v) is 5.26. The van der Waals surface area contributed by atoms with E-state index in [0.29, 0.717) is 5.88 Å². The zero-order valence-electron chi connectivity index (χ0n) is 9.76. The van der Waals surface area contributed by atoms with E-state index in [4.69, 9.17) is 11.6 Å². The Morgan fingerprint density at radius 3 is 2.20 bits per heavy atom. The molecular weight excluding hydrogens is 204 g/mol. The number of benzene rings is 1. The number of hydrogen-bond donors (Lipinski definition) is 0. The minimum absolute atomic E-state index is 0.245. The third-order valence-corrected chi connectivity index (χ3v) is 2.33. The Hall–Kier alpha value is -0.750. The Balaban J connectivity index is 2.68. The summed E-state index contributed by atoms with van der Waals surface area (Å²) in [5.74, 6) is 0.692. The molecule has 15 heavy (non-hydrogen) atoms. The molecular formula is C14H19Cl. The van der Waals surface area contributed by atoms with E-state index in [1.165, 1.54) is 11.1 Å². The third-order valence-electron chi connectivity index (χ3n) is 2.14. The van der Waals surface area contributed by atoms with Crippen LogP contribution in [-0.4, -0.2) is 5.88 Å². The number of halogens is 1. The van der Waals surface area contributed by atoms with Crippen LogP contribution in [0.4, 0.5) is 0 Å². The maximum atomic E-state index is 5.68. The van der Waals surface area contributed by atoms with Gasteiger partial charge in [0, 0.05) is 5.88 Å². The minimum atomic E-state index is 0.245. The fourth-order valence-corrected chi connectivity index (χ4v) is 1.47. The third kappa shape index (κ3) is 5.03. The summed E-state index contributed by atoms with van der Waals surface area (Å²) in [7, 11) is 0. The summed E-state index contributed by atoms with van der Waals surface area (Å²) in [4.78, 5) is 0. The van der Waals surface area contributed by atoms with Crippen molar-refractivity contribution in [2.75, 3.05) is 5.88 Å². The standard InChI is InChI=1S/C14H19Cl/c1-14(2,3)10-8-12-4-6-13(7-5-12)9-11-15/h4-8,10H,9,11H2,1-3H3. The molecule has 0 heterocycles.